The Morgan fingerprint density at radius 2 is 2.04 bits per heavy atom. The summed E-state index contributed by atoms with van der Waals surface area (Å²) in [6.07, 6.45) is 1.84. The molecule has 24 heavy (non-hydrogen) atoms. The second kappa shape index (κ2) is 6.46. The maximum absolute atomic E-state index is 12.6. The van der Waals surface area contributed by atoms with E-state index in [0.29, 0.717) is 22.7 Å². The van der Waals surface area contributed by atoms with Crippen LogP contribution in [0.2, 0.25) is 0 Å². The van der Waals surface area contributed by atoms with E-state index in [1.54, 1.807) is 12.1 Å². The lowest BCUT2D eigenvalue weighted by molar-refractivity contribution is 0.0996. The van der Waals surface area contributed by atoms with Crippen molar-refractivity contribution < 1.29 is 9.59 Å². The molecule has 0 bridgehead atoms. The topological polar surface area (TPSA) is 91.2 Å². The molecule has 0 aliphatic rings. The second-order valence-electron chi connectivity index (χ2n) is 5.79. The lowest BCUT2D eigenvalue weighted by atomic mass is 10.1. The van der Waals surface area contributed by atoms with Crippen LogP contribution < -0.4 is 11.1 Å². The Kier molecular flexibility index (Phi) is 4.37. The zero-order valence-corrected chi connectivity index (χ0v) is 14.2. The number of benzene rings is 1. The third-order valence-corrected chi connectivity index (χ3v) is 4.69. The van der Waals surface area contributed by atoms with Crippen molar-refractivity contribution in [1.29, 1.82) is 0 Å². The Hall–Kier alpha value is -2.64. The fourth-order valence-corrected chi connectivity index (χ4v) is 3.39. The number of amides is 2. The van der Waals surface area contributed by atoms with Crippen molar-refractivity contribution >= 4 is 39.1 Å². The van der Waals surface area contributed by atoms with E-state index in [1.807, 2.05) is 43.4 Å². The number of nitrogens with two attached hydrogens (primary N) is 1. The first-order chi connectivity index (χ1) is 11.4. The van der Waals surface area contributed by atoms with Crippen molar-refractivity contribution in [1.82, 2.24) is 9.88 Å². The maximum atomic E-state index is 12.6. The predicted molar refractivity (Wildman–Crippen MR) is 96.5 cm³/mol. The number of aromatic nitrogens is 1. The molecule has 3 aromatic rings. The van der Waals surface area contributed by atoms with Crippen LogP contribution in [0.25, 0.3) is 10.2 Å². The molecule has 0 saturated heterocycles. The minimum absolute atomic E-state index is 0.203. The zero-order valence-electron chi connectivity index (χ0n) is 13.4. The predicted octanol–water partition coefficient (Wildman–Crippen LogP) is 2.64. The first-order valence-electron chi connectivity index (χ1n) is 7.40. The van der Waals surface area contributed by atoms with Gasteiger partial charge >= 0.3 is 0 Å². The van der Waals surface area contributed by atoms with Crippen LogP contribution >= 0.6 is 11.3 Å². The van der Waals surface area contributed by atoms with Crippen molar-refractivity contribution in [2.45, 2.75) is 6.54 Å². The summed E-state index contributed by atoms with van der Waals surface area (Å²) < 4.78 is 1.03. The maximum Gasteiger partial charge on any atom is 0.265 e. The molecule has 0 aliphatic carbocycles. The van der Waals surface area contributed by atoms with Gasteiger partial charge in [0.2, 0.25) is 5.91 Å². The van der Waals surface area contributed by atoms with Gasteiger partial charge in [-0.3, -0.25) is 9.59 Å². The van der Waals surface area contributed by atoms with E-state index in [0.717, 1.165) is 15.8 Å². The molecule has 2 amide bonds. The molecule has 6 nitrogen and oxygen atoms in total. The van der Waals surface area contributed by atoms with E-state index in [4.69, 9.17) is 5.73 Å². The van der Waals surface area contributed by atoms with Crippen molar-refractivity contribution in [2.24, 2.45) is 5.73 Å². The molecule has 2 aromatic heterocycles. The number of fused-ring (bicyclic) bond motifs is 1. The number of H-pyrrole nitrogens is 1. The van der Waals surface area contributed by atoms with Gasteiger partial charge in [0.25, 0.3) is 5.91 Å². The molecule has 0 radical (unpaired) electrons. The highest BCUT2D eigenvalue weighted by molar-refractivity contribution is 7.20. The summed E-state index contributed by atoms with van der Waals surface area (Å²) >= 11 is 1.42. The van der Waals surface area contributed by atoms with Crippen LogP contribution in [-0.4, -0.2) is 35.8 Å². The molecular formula is C17H18N4O2S. The number of aromatic amines is 1. The Morgan fingerprint density at radius 3 is 2.71 bits per heavy atom. The summed E-state index contributed by atoms with van der Waals surface area (Å²) in [7, 11) is 3.88. The monoisotopic (exact) mass is 342 g/mol. The number of nitrogens with one attached hydrogen (secondary N) is 2. The summed E-state index contributed by atoms with van der Waals surface area (Å²) in [6.45, 7) is 0.639. The first-order valence-corrected chi connectivity index (χ1v) is 8.21. The molecule has 7 heteroatoms. The highest BCUT2D eigenvalue weighted by Crippen LogP contribution is 2.26. The van der Waals surface area contributed by atoms with Crippen LogP contribution in [0, 0.1) is 0 Å². The molecule has 0 spiro atoms. The summed E-state index contributed by atoms with van der Waals surface area (Å²) in [5.41, 5.74) is 8.17. The fourth-order valence-electron chi connectivity index (χ4n) is 2.47. The van der Waals surface area contributed by atoms with Crippen LogP contribution in [-0.2, 0) is 6.54 Å². The molecule has 0 unspecified atom stereocenters. The van der Waals surface area contributed by atoms with E-state index >= 15 is 0 Å². The second-order valence-corrected chi connectivity index (χ2v) is 6.88. The van der Waals surface area contributed by atoms with E-state index < -0.39 is 5.91 Å². The minimum atomic E-state index is -0.522. The molecule has 124 valence electrons. The van der Waals surface area contributed by atoms with Crippen molar-refractivity contribution in [2.75, 3.05) is 19.4 Å². The molecule has 2 heterocycles. The smallest absolute Gasteiger partial charge is 0.265 e. The number of hydrogen-bond acceptors (Lipinski definition) is 4. The molecular weight excluding hydrogens is 324 g/mol. The van der Waals surface area contributed by atoms with Gasteiger partial charge in [-0.15, -0.1) is 11.3 Å². The number of nitrogens with zero attached hydrogens (tertiary/aromatic N) is 1. The van der Waals surface area contributed by atoms with Gasteiger partial charge in [0.15, 0.2) is 0 Å². The SMILES string of the molecule is CN(C)Cc1ccc(C(N)=O)cc1NC(=O)c1cc2[nH]ccc2s1. The number of rotatable bonds is 5. The van der Waals surface area contributed by atoms with Gasteiger partial charge in [0.1, 0.15) is 0 Å². The highest BCUT2D eigenvalue weighted by atomic mass is 32.1. The average Bonchev–Trinajstić information content (AvgIpc) is 3.09. The van der Waals surface area contributed by atoms with E-state index in [1.165, 1.54) is 11.3 Å². The standard InChI is InChI=1S/C17H18N4O2S/c1-21(2)9-11-4-3-10(16(18)22)7-12(11)20-17(23)15-8-13-14(24-15)5-6-19-13/h3-8,19H,9H2,1-2H3,(H2,18,22)(H,20,23). The third-order valence-electron chi connectivity index (χ3n) is 3.59. The van der Waals surface area contributed by atoms with E-state index in [-0.39, 0.29) is 5.91 Å². The molecule has 4 N–H and O–H groups in total. The third kappa shape index (κ3) is 3.32. The lowest BCUT2D eigenvalue weighted by Gasteiger charge is -2.15. The molecule has 0 atom stereocenters. The van der Waals surface area contributed by atoms with Crippen molar-refractivity contribution in [3.05, 3.63) is 52.5 Å². The highest BCUT2D eigenvalue weighted by Gasteiger charge is 2.15. The number of thiophene rings is 1. The minimum Gasteiger partial charge on any atom is -0.366 e. The summed E-state index contributed by atoms with van der Waals surface area (Å²) in [6, 6.07) is 8.86. The Bertz CT molecular complexity index is 882. The van der Waals surface area contributed by atoms with E-state index in [2.05, 4.69) is 10.3 Å². The number of primary amides is 1. The summed E-state index contributed by atoms with van der Waals surface area (Å²) in [5.74, 6) is -0.724. The molecule has 1 aromatic carbocycles. The van der Waals surface area contributed by atoms with Gasteiger partial charge in [-0.2, -0.15) is 0 Å². The van der Waals surface area contributed by atoms with Crippen LogP contribution in [0.5, 0.6) is 0 Å². The van der Waals surface area contributed by atoms with Crippen LogP contribution in [0.3, 0.4) is 0 Å². The zero-order chi connectivity index (χ0) is 17.3. The van der Waals surface area contributed by atoms with Gasteiger partial charge in [0.05, 0.1) is 15.1 Å². The van der Waals surface area contributed by atoms with Crippen molar-refractivity contribution in [3.8, 4) is 0 Å². The molecule has 3 rings (SSSR count). The van der Waals surface area contributed by atoms with Gasteiger partial charge in [-0.25, -0.2) is 0 Å². The number of hydrogen-bond donors (Lipinski definition) is 3. The van der Waals surface area contributed by atoms with Crippen molar-refractivity contribution in [3.63, 3.8) is 0 Å². The molecule has 0 fully saturated rings. The largest absolute Gasteiger partial charge is 0.366 e. The summed E-state index contributed by atoms with van der Waals surface area (Å²) in [5, 5.41) is 2.90. The van der Waals surface area contributed by atoms with Gasteiger partial charge in [-0.1, -0.05) is 6.07 Å². The quantitative estimate of drug-likeness (QED) is 0.666. The number of carbonyl (C=O) groups is 2. The van der Waals surface area contributed by atoms with Crippen LogP contribution in [0.1, 0.15) is 25.6 Å². The van der Waals surface area contributed by atoms with Gasteiger partial charge < -0.3 is 20.9 Å². The van der Waals surface area contributed by atoms with Crippen LogP contribution in [0.4, 0.5) is 5.69 Å². The lowest BCUT2D eigenvalue weighted by Crippen LogP contribution is -2.18. The average molecular weight is 342 g/mol. The fraction of sp³-hybridized carbons (Fsp3) is 0.176. The molecule has 0 saturated carbocycles. The normalized spacial score (nSPS) is 11.1. The molecule has 0 aliphatic heterocycles. The first kappa shape index (κ1) is 16.2. The Morgan fingerprint density at radius 1 is 1.25 bits per heavy atom. The Balaban J connectivity index is 1.91. The number of carbonyl (C=O) groups excluding carboxylic acids is 2. The Labute approximate surface area is 143 Å². The van der Waals surface area contributed by atoms with E-state index in [9.17, 15) is 9.59 Å². The van der Waals surface area contributed by atoms with Gasteiger partial charge in [0, 0.05) is 24.0 Å². The summed E-state index contributed by atoms with van der Waals surface area (Å²) in [4.78, 5) is 29.7. The van der Waals surface area contributed by atoms with Gasteiger partial charge in [-0.05, 0) is 43.9 Å². The number of anilines is 1. The van der Waals surface area contributed by atoms with Crippen LogP contribution in [0.15, 0.2) is 36.5 Å².